The fraction of sp³-hybridized carbons (Fsp3) is 0. The number of nitrogens with one attached hydrogen (secondary N) is 1. The van der Waals surface area contributed by atoms with Crippen molar-refractivity contribution >= 4 is 22.4 Å². The average molecular weight is 237 g/mol. The van der Waals surface area contributed by atoms with Crippen molar-refractivity contribution in [1.29, 1.82) is 0 Å². The van der Waals surface area contributed by atoms with Gasteiger partial charge in [-0.2, -0.15) is 0 Å². The third-order valence-corrected chi connectivity index (χ3v) is 2.69. The van der Waals surface area contributed by atoms with Gasteiger partial charge in [-0.25, -0.2) is 9.97 Å². The Morgan fingerprint density at radius 3 is 2.39 bits per heavy atom. The lowest BCUT2D eigenvalue weighted by Crippen LogP contribution is -1.96. The van der Waals surface area contributed by atoms with Crippen molar-refractivity contribution in [2.24, 2.45) is 0 Å². The second-order valence-electron chi connectivity index (χ2n) is 3.88. The van der Waals surface area contributed by atoms with Crippen LogP contribution in [0.5, 0.6) is 5.75 Å². The van der Waals surface area contributed by atoms with Crippen molar-refractivity contribution in [3.05, 3.63) is 54.9 Å². The maximum atomic E-state index is 9.95. The van der Waals surface area contributed by atoms with Crippen LogP contribution in [0, 0.1) is 0 Å². The molecule has 0 atom stereocenters. The van der Waals surface area contributed by atoms with Gasteiger partial charge in [0.2, 0.25) is 5.95 Å². The van der Waals surface area contributed by atoms with E-state index in [0.717, 1.165) is 16.5 Å². The maximum Gasteiger partial charge on any atom is 0.227 e. The van der Waals surface area contributed by atoms with Crippen LogP contribution in [0.15, 0.2) is 54.9 Å². The summed E-state index contributed by atoms with van der Waals surface area (Å²) in [7, 11) is 0. The van der Waals surface area contributed by atoms with E-state index in [1.807, 2.05) is 30.3 Å². The third-order valence-electron chi connectivity index (χ3n) is 2.69. The Bertz CT molecular complexity index is 678. The summed E-state index contributed by atoms with van der Waals surface area (Å²) in [5.74, 6) is 0.750. The molecule has 0 aliphatic heterocycles. The summed E-state index contributed by atoms with van der Waals surface area (Å²) in [6.07, 6.45) is 3.33. The van der Waals surface area contributed by atoms with Gasteiger partial charge in [-0.15, -0.1) is 0 Å². The molecule has 0 bridgehead atoms. The number of anilines is 2. The SMILES string of the molecule is Oc1cccc2cccc(Nc3ncccn3)c12. The molecule has 0 saturated heterocycles. The third kappa shape index (κ3) is 1.84. The summed E-state index contributed by atoms with van der Waals surface area (Å²) in [6.45, 7) is 0. The molecular weight excluding hydrogens is 226 g/mol. The fourth-order valence-corrected chi connectivity index (χ4v) is 1.91. The van der Waals surface area contributed by atoms with Gasteiger partial charge < -0.3 is 10.4 Å². The van der Waals surface area contributed by atoms with E-state index in [0.29, 0.717) is 5.95 Å². The van der Waals surface area contributed by atoms with Crippen LogP contribution in [-0.4, -0.2) is 15.1 Å². The maximum absolute atomic E-state index is 9.95. The van der Waals surface area contributed by atoms with Gasteiger partial charge in [0.05, 0.1) is 5.69 Å². The number of aromatic nitrogens is 2. The molecule has 0 saturated carbocycles. The van der Waals surface area contributed by atoms with Gasteiger partial charge in [0.15, 0.2) is 0 Å². The average Bonchev–Trinajstić information content (AvgIpc) is 2.40. The Morgan fingerprint density at radius 2 is 1.61 bits per heavy atom. The summed E-state index contributed by atoms with van der Waals surface area (Å²) >= 11 is 0. The highest BCUT2D eigenvalue weighted by atomic mass is 16.3. The number of hydrogen-bond acceptors (Lipinski definition) is 4. The predicted octanol–water partition coefficient (Wildman–Crippen LogP) is 3.08. The second-order valence-corrected chi connectivity index (χ2v) is 3.88. The first-order chi connectivity index (χ1) is 8.84. The molecule has 1 heterocycles. The molecule has 0 aliphatic carbocycles. The number of nitrogens with zero attached hydrogens (tertiary/aromatic N) is 2. The van der Waals surface area contributed by atoms with Gasteiger partial charge in [0, 0.05) is 17.8 Å². The molecule has 0 radical (unpaired) electrons. The Labute approximate surface area is 104 Å². The number of phenols is 1. The molecule has 0 unspecified atom stereocenters. The van der Waals surface area contributed by atoms with E-state index in [2.05, 4.69) is 15.3 Å². The number of benzene rings is 2. The van der Waals surface area contributed by atoms with Gasteiger partial charge in [0.1, 0.15) is 5.75 Å². The highest BCUT2D eigenvalue weighted by molar-refractivity contribution is 5.99. The van der Waals surface area contributed by atoms with Crippen LogP contribution in [0.1, 0.15) is 0 Å². The summed E-state index contributed by atoms with van der Waals surface area (Å²) in [4.78, 5) is 8.21. The minimum Gasteiger partial charge on any atom is -0.507 e. The number of fused-ring (bicyclic) bond motifs is 1. The largest absolute Gasteiger partial charge is 0.507 e. The lowest BCUT2D eigenvalue weighted by Gasteiger charge is -2.09. The van der Waals surface area contributed by atoms with E-state index in [9.17, 15) is 5.11 Å². The zero-order valence-corrected chi connectivity index (χ0v) is 9.54. The van der Waals surface area contributed by atoms with Crippen LogP contribution in [0.2, 0.25) is 0 Å². The normalized spacial score (nSPS) is 10.4. The molecule has 0 aliphatic rings. The number of hydrogen-bond donors (Lipinski definition) is 2. The first kappa shape index (κ1) is 10.5. The molecule has 4 heteroatoms. The van der Waals surface area contributed by atoms with Crippen molar-refractivity contribution in [1.82, 2.24) is 9.97 Å². The molecule has 1 aromatic heterocycles. The Hall–Kier alpha value is -2.62. The first-order valence-corrected chi connectivity index (χ1v) is 5.59. The van der Waals surface area contributed by atoms with Crippen LogP contribution in [0.3, 0.4) is 0 Å². The standard InChI is InChI=1S/C14H11N3O/c18-12-7-2-5-10-4-1-6-11(13(10)12)17-14-15-8-3-9-16-14/h1-9,18H,(H,15,16,17). The zero-order valence-electron chi connectivity index (χ0n) is 9.54. The summed E-state index contributed by atoms with van der Waals surface area (Å²) in [5.41, 5.74) is 0.789. The highest BCUT2D eigenvalue weighted by Gasteiger charge is 2.06. The fourth-order valence-electron chi connectivity index (χ4n) is 1.91. The van der Waals surface area contributed by atoms with Crippen molar-refractivity contribution in [3.8, 4) is 5.75 Å². The molecule has 2 aromatic carbocycles. The lowest BCUT2D eigenvalue weighted by atomic mass is 10.1. The predicted molar refractivity (Wildman–Crippen MR) is 70.9 cm³/mol. The molecule has 4 nitrogen and oxygen atoms in total. The van der Waals surface area contributed by atoms with E-state index in [1.165, 1.54) is 0 Å². The minimum absolute atomic E-state index is 0.242. The smallest absolute Gasteiger partial charge is 0.227 e. The van der Waals surface area contributed by atoms with Gasteiger partial charge in [0.25, 0.3) is 0 Å². The van der Waals surface area contributed by atoms with Crippen LogP contribution in [0.25, 0.3) is 10.8 Å². The second kappa shape index (κ2) is 4.33. The van der Waals surface area contributed by atoms with E-state index in [1.54, 1.807) is 24.5 Å². The van der Waals surface area contributed by atoms with Gasteiger partial charge >= 0.3 is 0 Å². The molecule has 0 fully saturated rings. The number of phenolic OH excluding ortho intramolecular Hbond substituents is 1. The van der Waals surface area contributed by atoms with Crippen molar-refractivity contribution < 1.29 is 5.11 Å². The Kier molecular flexibility index (Phi) is 2.53. The number of aromatic hydroxyl groups is 1. The Balaban J connectivity index is 2.12. The van der Waals surface area contributed by atoms with Crippen LogP contribution in [-0.2, 0) is 0 Å². The minimum atomic E-state index is 0.242. The van der Waals surface area contributed by atoms with E-state index in [-0.39, 0.29) is 5.75 Å². The summed E-state index contributed by atoms with van der Waals surface area (Å²) in [5, 5.41) is 14.8. The molecule has 0 spiro atoms. The van der Waals surface area contributed by atoms with Crippen LogP contribution >= 0.6 is 0 Å². The van der Waals surface area contributed by atoms with Gasteiger partial charge in [-0.1, -0.05) is 24.3 Å². The van der Waals surface area contributed by atoms with E-state index in [4.69, 9.17) is 0 Å². The summed E-state index contributed by atoms with van der Waals surface area (Å²) in [6, 6.07) is 13.0. The van der Waals surface area contributed by atoms with E-state index >= 15 is 0 Å². The molecule has 88 valence electrons. The van der Waals surface area contributed by atoms with Crippen LogP contribution in [0.4, 0.5) is 11.6 Å². The van der Waals surface area contributed by atoms with Gasteiger partial charge in [-0.05, 0) is 23.6 Å². The van der Waals surface area contributed by atoms with E-state index < -0.39 is 0 Å². The molecule has 3 aromatic rings. The molecule has 0 amide bonds. The molecule has 2 N–H and O–H groups in total. The topological polar surface area (TPSA) is 58.0 Å². The lowest BCUT2D eigenvalue weighted by molar-refractivity contribution is 0.482. The molecule has 3 rings (SSSR count). The van der Waals surface area contributed by atoms with Crippen molar-refractivity contribution in [3.63, 3.8) is 0 Å². The Morgan fingerprint density at radius 1 is 0.889 bits per heavy atom. The molecular formula is C14H11N3O. The monoisotopic (exact) mass is 237 g/mol. The molecule has 18 heavy (non-hydrogen) atoms. The summed E-state index contributed by atoms with van der Waals surface area (Å²) < 4.78 is 0. The highest BCUT2D eigenvalue weighted by Crippen LogP contribution is 2.32. The first-order valence-electron chi connectivity index (χ1n) is 5.59. The zero-order chi connectivity index (χ0) is 12.4. The van der Waals surface area contributed by atoms with Crippen molar-refractivity contribution in [2.75, 3.05) is 5.32 Å². The quantitative estimate of drug-likeness (QED) is 0.719. The van der Waals surface area contributed by atoms with Crippen LogP contribution < -0.4 is 5.32 Å². The number of rotatable bonds is 2. The van der Waals surface area contributed by atoms with Crippen molar-refractivity contribution in [2.45, 2.75) is 0 Å². The van der Waals surface area contributed by atoms with Gasteiger partial charge in [-0.3, -0.25) is 0 Å².